The first-order chi connectivity index (χ1) is 15.0. The summed E-state index contributed by atoms with van der Waals surface area (Å²) in [6.45, 7) is 6.24. The molecular formula is C25H26N4O2. The number of carbonyl (C=O) groups is 1. The molecule has 4 rings (SSSR count). The number of hydrogen-bond acceptors (Lipinski definition) is 4. The molecule has 6 heteroatoms. The Morgan fingerprint density at radius 2 is 1.71 bits per heavy atom. The van der Waals surface area contributed by atoms with Gasteiger partial charge in [-0.1, -0.05) is 44.2 Å². The molecule has 0 saturated carbocycles. The smallest absolute Gasteiger partial charge is 0.262 e. The van der Waals surface area contributed by atoms with Crippen molar-refractivity contribution in [2.75, 3.05) is 11.9 Å². The minimum absolute atomic E-state index is 0.0587. The van der Waals surface area contributed by atoms with E-state index in [1.54, 1.807) is 4.80 Å². The second kappa shape index (κ2) is 9.00. The van der Waals surface area contributed by atoms with Crippen LogP contribution in [0, 0.1) is 6.92 Å². The van der Waals surface area contributed by atoms with Crippen molar-refractivity contribution in [2.24, 2.45) is 0 Å². The van der Waals surface area contributed by atoms with Gasteiger partial charge < -0.3 is 10.1 Å². The number of carbonyl (C=O) groups excluding carboxylic acids is 1. The van der Waals surface area contributed by atoms with Gasteiger partial charge in [-0.25, -0.2) is 0 Å². The molecule has 0 aliphatic carbocycles. The van der Waals surface area contributed by atoms with Gasteiger partial charge in [-0.05, 0) is 66.8 Å². The fraction of sp³-hybridized carbons (Fsp3) is 0.240. The monoisotopic (exact) mass is 414 g/mol. The van der Waals surface area contributed by atoms with Crippen LogP contribution in [-0.4, -0.2) is 27.5 Å². The van der Waals surface area contributed by atoms with Gasteiger partial charge in [0.05, 0.1) is 5.69 Å². The first-order valence-corrected chi connectivity index (χ1v) is 10.5. The van der Waals surface area contributed by atoms with E-state index in [-0.39, 0.29) is 12.5 Å². The van der Waals surface area contributed by atoms with Gasteiger partial charge in [0.2, 0.25) is 0 Å². The van der Waals surface area contributed by atoms with Gasteiger partial charge >= 0.3 is 0 Å². The summed E-state index contributed by atoms with van der Waals surface area (Å²) in [5.74, 6) is 0.971. The van der Waals surface area contributed by atoms with Crippen LogP contribution in [0.15, 0.2) is 66.7 Å². The van der Waals surface area contributed by atoms with Crippen molar-refractivity contribution in [1.29, 1.82) is 0 Å². The molecule has 0 spiro atoms. The molecule has 4 aromatic rings. The topological polar surface area (TPSA) is 69.0 Å². The van der Waals surface area contributed by atoms with E-state index in [1.165, 1.54) is 5.56 Å². The molecule has 1 heterocycles. The summed E-state index contributed by atoms with van der Waals surface area (Å²) >= 11 is 0. The number of aryl methyl sites for hydroxylation is 1. The van der Waals surface area contributed by atoms with E-state index in [1.807, 2.05) is 61.5 Å². The third-order valence-electron chi connectivity index (χ3n) is 5.42. The molecule has 158 valence electrons. The number of nitrogens with one attached hydrogen (secondary N) is 1. The van der Waals surface area contributed by atoms with Crippen LogP contribution in [0.3, 0.4) is 0 Å². The number of anilines is 1. The van der Waals surface area contributed by atoms with E-state index in [2.05, 4.69) is 41.5 Å². The highest BCUT2D eigenvalue weighted by molar-refractivity contribution is 5.95. The summed E-state index contributed by atoms with van der Waals surface area (Å²) in [5, 5.41) is 12.0. The summed E-state index contributed by atoms with van der Waals surface area (Å²) in [5.41, 5.74) is 5.26. The lowest BCUT2D eigenvalue weighted by molar-refractivity contribution is -0.118. The average Bonchev–Trinajstić information content (AvgIpc) is 3.21. The predicted molar refractivity (Wildman–Crippen MR) is 123 cm³/mol. The molecule has 6 nitrogen and oxygen atoms in total. The quantitative estimate of drug-likeness (QED) is 0.448. The normalized spacial score (nSPS) is 12.0. The van der Waals surface area contributed by atoms with E-state index in [0.717, 1.165) is 23.2 Å². The summed E-state index contributed by atoms with van der Waals surface area (Å²) < 4.78 is 5.65. The molecule has 0 fully saturated rings. The first kappa shape index (κ1) is 20.6. The number of para-hydroxylation sites is 1. The molecule has 0 radical (unpaired) electrons. The van der Waals surface area contributed by atoms with E-state index in [4.69, 9.17) is 4.74 Å². The molecular weight excluding hydrogens is 388 g/mol. The Bertz CT molecular complexity index is 1180. The van der Waals surface area contributed by atoms with Crippen molar-refractivity contribution >= 4 is 22.6 Å². The molecule has 0 aliphatic rings. The van der Waals surface area contributed by atoms with Crippen LogP contribution in [-0.2, 0) is 4.79 Å². The van der Waals surface area contributed by atoms with Gasteiger partial charge in [-0.2, -0.15) is 4.80 Å². The van der Waals surface area contributed by atoms with Crippen LogP contribution in [0.1, 0.15) is 37.3 Å². The maximum Gasteiger partial charge on any atom is 0.262 e. The van der Waals surface area contributed by atoms with Crippen LogP contribution in [0.25, 0.3) is 16.7 Å². The van der Waals surface area contributed by atoms with Crippen molar-refractivity contribution in [1.82, 2.24) is 15.0 Å². The van der Waals surface area contributed by atoms with Crippen LogP contribution >= 0.6 is 0 Å². The zero-order chi connectivity index (χ0) is 21.8. The van der Waals surface area contributed by atoms with Gasteiger partial charge in [0, 0.05) is 5.69 Å². The van der Waals surface area contributed by atoms with Crippen molar-refractivity contribution < 1.29 is 9.53 Å². The van der Waals surface area contributed by atoms with E-state index in [9.17, 15) is 4.79 Å². The highest BCUT2D eigenvalue weighted by atomic mass is 16.5. The van der Waals surface area contributed by atoms with Crippen molar-refractivity contribution in [3.63, 3.8) is 0 Å². The summed E-state index contributed by atoms with van der Waals surface area (Å²) in [4.78, 5) is 14.0. The molecule has 3 aromatic carbocycles. The fourth-order valence-electron chi connectivity index (χ4n) is 3.34. The molecule has 0 aliphatic heterocycles. The lowest BCUT2D eigenvalue weighted by atomic mass is 9.99. The number of fused-ring (bicyclic) bond motifs is 1. The molecule has 31 heavy (non-hydrogen) atoms. The highest BCUT2D eigenvalue weighted by Crippen LogP contribution is 2.23. The van der Waals surface area contributed by atoms with Crippen LogP contribution < -0.4 is 10.1 Å². The number of amides is 1. The third kappa shape index (κ3) is 4.74. The van der Waals surface area contributed by atoms with Gasteiger partial charge in [-0.3, -0.25) is 4.79 Å². The molecule has 1 atom stereocenters. The number of ether oxygens (including phenoxy) is 1. The zero-order valence-electron chi connectivity index (χ0n) is 18.0. The number of hydrogen-bond donors (Lipinski definition) is 1. The SMILES string of the molecule is CC[C@@H](C)c1ccc(OCC(=O)Nc2cc3nn(-c4ccccc4)nc3cc2C)cc1. The van der Waals surface area contributed by atoms with Crippen molar-refractivity contribution in [2.45, 2.75) is 33.1 Å². The molecule has 1 aromatic heterocycles. The molecule has 1 amide bonds. The Hall–Kier alpha value is -3.67. The highest BCUT2D eigenvalue weighted by Gasteiger charge is 2.11. The first-order valence-electron chi connectivity index (χ1n) is 10.5. The lowest BCUT2D eigenvalue weighted by Gasteiger charge is -2.11. The Kier molecular flexibility index (Phi) is 5.98. The largest absolute Gasteiger partial charge is 0.484 e. The lowest BCUT2D eigenvalue weighted by Crippen LogP contribution is -2.20. The molecule has 0 bridgehead atoms. The summed E-state index contributed by atoms with van der Waals surface area (Å²) in [6, 6.07) is 21.4. The van der Waals surface area contributed by atoms with Gasteiger partial charge in [0.25, 0.3) is 5.91 Å². The summed E-state index contributed by atoms with van der Waals surface area (Å²) in [7, 11) is 0. The van der Waals surface area contributed by atoms with E-state index < -0.39 is 0 Å². The minimum atomic E-state index is -0.219. The summed E-state index contributed by atoms with van der Waals surface area (Å²) in [6.07, 6.45) is 1.09. The van der Waals surface area contributed by atoms with Gasteiger partial charge in [0.1, 0.15) is 16.8 Å². The molecule has 1 N–H and O–H groups in total. The van der Waals surface area contributed by atoms with Gasteiger partial charge in [-0.15, -0.1) is 10.2 Å². The fourth-order valence-corrected chi connectivity index (χ4v) is 3.34. The minimum Gasteiger partial charge on any atom is -0.484 e. The Morgan fingerprint density at radius 1 is 1.03 bits per heavy atom. The Balaban J connectivity index is 1.43. The van der Waals surface area contributed by atoms with Crippen LogP contribution in [0.4, 0.5) is 5.69 Å². The average molecular weight is 415 g/mol. The maximum atomic E-state index is 12.4. The maximum absolute atomic E-state index is 12.4. The zero-order valence-corrected chi connectivity index (χ0v) is 18.0. The standard InChI is InChI=1S/C25H26N4O2/c1-4-17(2)19-10-12-21(13-11-19)31-16-25(30)26-22-15-24-23(14-18(22)3)27-29(28-24)20-8-6-5-7-9-20/h5-15,17H,4,16H2,1-3H3,(H,26,30)/t17-/m1/s1. The Morgan fingerprint density at radius 3 is 2.39 bits per heavy atom. The van der Waals surface area contributed by atoms with Gasteiger partial charge in [0.15, 0.2) is 6.61 Å². The predicted octanol–water partition coefficient (Wildman–Crippen LogP) is 5.26. The molecule has 0 unspecified atom stereocenters. The van der Waals surface area contributed by atoms with E-state index in [0.29, 0.717) is 22.9 Å². The van der Waals surface area contributed by atoms with Crippen molar-refractivity contribution in [3.05, 3.63) is 77.9 Å². The number of benzene rings is 3. The number of rotatable bonds is 7. The van der Waals surface area contributed by atoms with Crippen LogP contribution in [0.2, 0.25) is 0 Å². The Labute approximate surface area is 181 Å². The van der Waals surface area contributed by atoms with E-state index >= 15 is 0 Å². The molecule has 0 saturated heterocycles. The second-order valence-electron chi connectivity index (χ2n) is 7.70. The third-order valence-corrected chi connectivity index (χ3v) is 5.42. The van der Waals surface area contributed by atoms with Crippen LogP contribution in [0.5, 0.6) is 5.75 Å². The number of nitrogens with zero attached hydrogens (tertiary/aromatic N) is 3. The number of aromatic nitrogens is 3. The van der Waals surface area contributed by atoms with Crippen molar-refractivity contribution in [3.8, 4) is 11.4 Å². The second-order valence-corrected chi connectivity index (χ2v) is 7.70.